The summed E-state index contributed by atoms with van der Waals surface area (Å²) in [6, 6.07) is 14.2. The molecule has 0 fully saturated rings. The molecule has 122 valence electrons. The Bertz CT molecular complexity index is 1050. The number of nitrogens with one attached hydrogen (secondary N) is 1. The Morgan fingerprint density at radius 1 is 1.04 bits per heavy atom. The second kappa shape index (κ2) is 6.16. The van der Waals surface area contributed by atoms with Crippen molar-refractivity contribution in [2.75, 3.05) is 5.32 Å². The Balaban J connectivity index is 2.02. The molecule has 0 aliphatic carbocycles. The molecule has 0 radical (unpaired) electrons. The van der Waals surface area contributed by atoms with Crippen LogP contribution in [0.1, 0.15) is 5.56 Å². The molecule has 0 aliphatic heterocycles. The Kier molecular flexibility index (Phi) is 4.04. The highest BCUT2D eigenvalue weighted by molar-refractivity contribution is 5.92. The number of carbonyl (C=O) groups is 1. The van der Waals surface area contributed by atoms with E-state index in [-0.39, 0.29) is 18.0 Å². The van der Waals surface area contributed by atoms with Crippen LogP contribution in [0.2, 0.25) is 0 Å². The van der Waals surface area contributed by atoms with Crippen molar-refractivity contribution in [3.8, 4) is 0 Å². The molecule has 1 heterocycles. The molecule has 0 atom stereocenters. The molecule has 3 aromatic rings. The molecule has 0 aliphatic rings. The van der Waals surface area contributed by atoms with E-state index < -0.39 is 5.69 Å². The van der Waals surface area contributed by atoms with Crippen LogP contribution in [0.3, 0.4) is 0 Å². The van der Waals surface area contributed by atoms with Crippen molar-refractivity contribution >= 4 is 22.5 Å². The lowest BCUT2D eigenvalue weighted by molar-refractivity contribution is -0.116. The fourth-order valence-corrected chi connectivity index (χ4v) is 2.64. The zero-order chi connectivity index (χ0) is 17.3. The molecular formula is C18H17N3O3. The summed E-state index contributed by atoms with van der Waals surface area (Å²) in [5.74, 6) is -0.324. The fraction of sp³-hybridized carbons (Fsp3) is 0.167. The van der Waals surface area contributed by atoms with E-state index in [0.29, 0.717) is 16.6 Å². The van der Waals surface area contributed by atoms with E-state index in [4.69, 9.17) is 0 Å². The second-order valence-electron chi connectivity index (χ2n) is 5.61. The lowest BCUT2D eigenvalue weighted by atomic mass is 10.2. The third-order valence-corrected chi connectivity index (χ3v) is 3.97. The van der Waals surface area contributed by atoms with Gasteiger partial charge in [0.25, 0.3) is 5.56 Å². The monoisotopic (exact) mass is 323 g/mol. The maximum atomic E-state index is 12.4. The van der Waals surface area contributed by atoms with Crippen LogP contribution in [0.4, 0.5) is 5.69 Å². The lowest BCUT2D eigenvalue weighted by Crippen LogP contribution is -2.40. The molecule has 3 rings (SSSR count). The van der Waals surface area contributed by atoms with Gasteiger partial charge in [-0.1, -0.05) is 30.3 Å². The van der Waals surface area contributed by atoms with Crippen LogP contribution in [0.25, 0.3) is 10.9 Å². The van der Waals surface area contributed by atoms with Crippen molar-refractivity contribution in [1.29, 1.82) is 0 Å². The number of anilines is 1. The fourth-order valence-electron chi connectivity index (χ4n) is 2.64. The zero-order valence-corrected chi connectivity index (χ0v) is 13.4. The lowest BCUT2D eigenvalue weighted by Gasteiger charge is -2.13. The molecule has 0 bridgehead atoms. The minimum absolute atomic E-state index is 0.165. The smallest absolute Gasteiger partial charge is 0.324 e. The van der Waals surface area contributed by atoms with Crippen LogP contribution in [-0.2, 0) is 18.4 Å². The quantitative estimate of drug-likeness (QED) is 0.796. The average molecular weight is 323 g/mol. The van der Waals surface area contributed by atoms with Crippen molar-refractivity contribution in [1.82, 2.24) is 9.13 Å². The summed E-state index contributed by atoms with van der Waals surface area (Å²) in [7, 11) is 1.41. The molecular weight excluding hydrogens is 306 g/mol. The highest BCUT2D eigenvalue weighted by Crippen LogP contribution is 2.13. The summed E-state index contributed by atoms with van der Waals surface area (Å²) < 4.78 is 2.33. The summed E-state index contributed by atoms with van der Waals surface area (Å²) in [4.78, 5) is 36.9. The first-order valence-electron chi connectivity index (χ1n) is 7.53. The normalized spacial score (nSPS) is 10.8. The Morgan fingerprint density at radius 3 is 2.46 bits per heavy atom. The van der Waals surface area contributed by atoms with Gasteiger partial charge in [-0.25, -0.2) is 4.79 Å². The minimum atomic E-state index is -0.515. The van der Waals surface area contributed by atoms with E-state index in [2.05, 4.69) is 5.32 Å². The standard InChI is InChI=1S/C18H17N3O3/c1-12-7-3-5-9-14(12)19-16(22)11-21-15-10-6-4-8-13(15)17(23)20(2)18(21)24/h3-10H,11H2,1-2H3,(H,19,22). The highest BCUT2D eigenvalue weighted by Gasteiger charge is 2.13. The van der Waals surface area contributed by atoms with Crippen LogP contribution >= 0.6 is 0 Å². The molecule has 0 saturated carbocycles. The zero-order valence-electron chi connectivity index (χ0n) is 13.4. The maximum absolute atomic E-state index is 12.4. The summed E-state index contributed by atoms with van der Waals surface area (Å²) in [5.41, 5.74) is 1.20. The van der Waals surface area contributed by atoms with Gasteiger partial charge in [0.05, 0.1) is 10.9 Å². The molecule has 0 saturated heterocycles. The molecule has 6 nitrogen and oxygen atoms in total. The molecule has 0 unspecified atom stereocenters. The molecule has 6 heteroatoms. The molecule has 2 aromatic carbocycles. The van der Waals surface area contributed by atoms with Gasteiger partial charge in [-0.05, 0) is 30.7 Å². The van der Waals surface area contributed by atoms with Gasteiger partial charge in [0.2, 0.25) is 5.91 Å². The van der Waals surface area contributed by atoms with Gasteiger partial charge >= 0.3 is 5.69 Å². The number of hydrogen-bond acceptors (Lipinski definition) is 3. The van der Waals surface area contributed by atoms with E-state index >= 15 is 0 Å². The van der Waals surface area contributed by atoms with E-state index in [1.807, 2.05) is 25.1 Å². The van der Waals surface area contributed by atoms with Crippen molar-refractivity contribution < 1.29 is 4.79 Å². The molecule has 0 spiro atoms. The Hall–Kier alpha value is -3.15. The molecule has 1 amide bonds. The SMILES string of the molecule is Cc1ccccc1NC(=O)Cn1c(=O)n(C)c(=O)c2ccccc21. The predicted molar refractivity (Wildman–Crippen MR) is 93.3 cm³/mol. The van der Waals surface area contributed by atoms with Crippen molar-refractivity contribution in [2.24, 2.45) is 7.05 Å². The maximum Gasteiger partial charge on any atom is 0.331 e. The number of nitrogens with zero attached hydrogens (tertiary/aromatic N) is 2. The highest BCUT2D eigenvalue weighted by atomic mass is 16.2. The van der Waals surface area contributed by atoms with E-state index in [0.717, 1.165) is 10.1 Å². The number of amides is 1. The summed E-state index contributed by atoms with van der Waals surface area (Å²) >= 11 is 0. The van der Waals surface area contributed by atoms with Crippen molar-refractivity contribution in [3.05, 3.63) is 74.9 Å². The van der Waals surface area contributed by atoms with Crippen LogP contribution < -0.4 is 16.6 Å². The number of aryl methyl sites for hydroxylation is 1. The van der Waals surface area contributed by atoms with Crippen molar-refractivity contribution in [3.63, 3.8) is 0 Å². The van der Waals surface area contributed by atoms with E-state index in [1.165, 1.54) is 11.6 Å². The second-order valence-corrected chi connectivity index (χ2v) is 5.61. The van der Waals surface area contributed by atoms with Gasteiger partial charge < -0.3 is 5.32 Å². The summed E-state index contributed by atoms with van der Waals surface area (Å²) in [6.45, 7) is 1.73. The number of rotatable bonds is 3. The van der Waals surface area contributed by atoms with E-state index in [1.54, 1.807) is 30.3 Å². The topological polar surface area (TPSA) is 73.1 Å². The molecule has 1 N–H and O–H groups in total. The first-order chi connectivity index (χ1) is 11.5. The van der Waals surface area contributed by atoms with Gasteiger partial charge in [0.15, 0.2) is 0 Å². The van der Waals surface area contributed by atoms with Crippen molar-refractivity contribution in [2.45, 2.75) is 13.5 Å². The minimum Gasteiger partial charge on any atom is -0.324 e. The summed E-state index contributed by atoms with van der Waals surface area (Å²) in [5, 5.41) is 3.20. The first kappa shape index (κ1) is 15.7. The third-order valence-electron chi connectivity index (χ3n) is 3.97. The van der Waals surface area contributed by atoms with Gasteiger partial charge in [-0.15, -0.1) is 0 Å². The van der Waals surface area contributed by atoms with Crippen LogP contribution in [0, 0.1) is 6.92 Å². The number of aromatic nitrogens is 2. The first-order valence-corrected chi connectivity index (χ1v) is 7.53. The van der Waals surface area contributed by atoms with Gasteiger partial charge in [0.1, 0.15) is 6.54 Å². The number of carbonyl (C=O) groups excluding carboxylic acids is 1. The van der Waals surface area contributed by atoms with Crippen LogP contribution in [0.5, 0.6) is 0 Å². The van der Waals surface area contributed by atoms with E-state index in [9.17, 15) is 14.4 Å². The van der Waals surface area contributed by atoms with Crippen LogP contribution in [0.15, 0.2) is 58.1 Å². The Morgan fingerprint density at radius 2 is 1.71 bits per heavy atom. The summed E-state index contributed by atoms with van der Waals surface area (Å²) in [6.07, 6.45) is 0. The number of hydrogen-bond donors (Lipinski definition) is 1. The Labute approximate surface area is 138 Å². The largest absolute Gasteiger partial charge is 0.331 e. The third kappa shape index (κ3) is 2.74. The average Bonchev–Trinajstić information content (AvgIpc) is 2.59. The molecule has 1 aromatic heterocycles. The molecule has 24 heavy (non-hydrogen) atoms. The number of fused-ring (bicyclic) bond motifs is 1. The number of benzene rings is 2. The van der Waals surface area contributed by atoms with Gasteiger partial charge in [-0.2, -0.15) is 0 Å². The van der Waals surface area contributed by atoms with Gasteiger partial charge in [-0.3, -0.25) is 18.7 Å². The predicted octanol–water partition coefficient (Wildman–Crippen LogP) is 1.65. The van der Waals surface area contributed by atoms with Crippen LogP contribution in [-0.4, -0.2) is 15.0 Å². The number of para-hydroxylation sites is 2. The van der Waals surface area contributed by atoms with Gasteiger partial charge in [0, 0.05) is 12.7 Å².